The topological polar surface area (TPSA) is 55.8 Å². The van der Waals surface area contributed by atoms with Crippen molar-refractivity contribution in [3.05, 3.63) is 29.8 Å². The van der Waals surface area contributed by atoms with Gasteiger partial charge in [0.2, 0.25) is 0 Å². The maximum Gasteiger partial charge on any atom is 0.342 e. The van der Waals surface area contributed by atoms with E-state index >= 15 is 0 Å². The van der Waals surface area contributed by atoms with Crippen molar-refractivity contribution in [2.45, 2.75) is 79.1 Å². The molecular weight excluding hydrogens is 292 g/mol. The predicted octanol–water partition coefficient (Wildman–Crippen LogP) is 4.95. The minimum atomic E-state index is -0.475. The Hall–Kier alpha value is -1.55. The van der Waals surface area contributed by atoms with Crippen LogP contribution in [0.1, 0.15) is 71.2 Å². The van der Waals surface area contributed by atoms with Gasteiger partial charge in [-0.05, 0) is 52.2 Å². The maximum atomic E-state index is 11.5. The number of phenols is 1. The highest BCUT2D eigenvalue weighted by atomic mass is 16.5. The smallest absolute Gasteiger partial charge is 0.342 e. The summed E-state index contributed by atoms with van der Waals surface area (Å²) in [6.07, 6.45) is 3.73. The molecule has 0 saturated carbocycles. The van der Waals surface area contributed by atoms with Crippen LogP contribution in [-0.4, -0.2) is 29.4 Å². The highest BCUT2D eigenvalue weighted by Crippen LogP contribution is 2.17. The van der Waals surface area contributed by atoms with Crippen molar-refractivity contribution in [3.63, 3.8) is 0 Å². The van der Waals surface area contributed by atoms with Crippen LogP contribution in [0.5, 0.6) is 5.75 Å². The second-order valence-corrected chi connectivity index (χ2v) is 5.72. The minimum Gasteiger partial charge on any atom is -0.507 e. The zero-order chi connectivity index (χ0) is 17.8. The van der Waals surface area contributed by atoms with Crippen LogP contribution in [-0.2, 0) is 9.47 Å². The average Bonchev–Trinajstić information content (AvgIpc) is 2.55. The van der Waals surface area contributed by atoms with Gasteiger partial charge >= 0.3 is 5.97 Å². The third-order valence-electron chi connectivity index (χ3n) is 3.62. The van der Waals surface area contributed by atoms with Crippen molar-refractivity contribution < 1.29 is 19.4 Å². The quantitative estimate of drug-likeness (QED) is 0.721. The Labute approximate surface area is 140 Å². The van der Waals surface area contributed by atoms with Crippen molar-refractivity contribution in [3.8, 4) is 5.75 Å². The van der Waals surface area contributed by atoms with Gasteiger partial charge in [-0.15, -0.1) is 0 Å². The molecule has 0 bridgehead atoms. The first kappa shape index (κ1) is 21.4. The maximum absolute atomic E-state index is 11.5. The molecule has 1 aromatic carbocycles. The van der Waals surface area contributed by atoms with Crippen LogP contribution in [0, 0.1) is 0 Å². The molecule has 4 heteroatoms. The number of hydrogen-bond acceptors (Lipinski definition) is 4. The van der Waals surface area contributed by atoms with E-state index in [0.717, 1.165) is 19.3 Å². The van der Waals surface area contributed by atoms with Gasteiger partial charge in [-0.2, -0.15) is 0 Å². The Morgan fingerprint density at radius 1 is 0.957 bits per heavy atom. The number of carbonyl (C=O) groups excluding carboxylic acids is 1. The summed E-state index contributed by atoms with van der Waals surface area (Å²) in [5, 5.41) is 9.37. The molecule has 23 heavy (non-hydrogen) atoms. The zero-order valence-corrected chi connectivity index (χ0v) is 15.3. The summed E-state index contributed by atoms with van der Waals surface area (Å²) in [6.45, 7) is 12.3. The van der Waals surface area contributed by atoms with Gasteiger partial charge in [-0.3, -0.25) is 0 Å². The molecule has 0 saturated heterocycles. The van der Waals surface area contributed by atoms with Gasteiger partial charge in [-0.25, -0.2) is 4.79 Å². The molecule has 0 aliphatic rings. The Kier molecular flexibility index (Phi) is 11.1. The van der Waals surface area contributed by atoms with Gasteiger partial charge < -0.3 is 14.6 Å². The van der Waals surface area contributed by atoms with E-state index in [1.807, 2.05) is 13.8 Å². The van der Waals surface area contributed by atoms with Gasteiger partial charge in [0, 0.05) is 0 Å². The number of ether oxygens (including phenoxy) is 2. The lowest BCUT2D eigenvalue weighted by molar-refractivity contribution is 0.00510. The standard InChI is InChI=1S/C11H14O3.C8H18O/c1-3-8(2)14-11(13)9-6-4-5-7-10(9)12;1-5-7(3)9-8(4)6-2/h4-8,12H,3H2,1-2H3;7-8H,5-6H2,1-4H3. The summed E-state index contributed by atoms with van der Waals surface area (Å²) in [7, 11) is 0. The summed E-state index contributed by atoms with van der Waals surface area (Å²) < 4.78 is 10.6. The van der Waals surface area contributed by atoms with Gasteiger partial charge in [0.15, 0.2) is 0 Å². The highest BCUT2D eigenvalue weighted by molar-refractivity contribution is 5.92. The molecule has 0 fully saturated rings. The minimum absolute atomic E-state index is 0.0409. The lowest BCUT2D eigenvalue weighted by Gasteiger charge is -2.15. The van der Waals surface area contributed by atoms with E-state index in [2.05, 4.69) is 27.7 Å². The van der Waals surface area contributed by atoms with E-state index in [1.54, 1.807) is 18.2 Å². The Bertz CT molecular complexity index is 437. The summed E-state index contributed by atoms with van der Waals surface area (Å²) in [6, 6.07) is 6.36. The van der Waals surface area contributed by atoms with Crippen molar-refractivity contribution in [2.24, 2.45) is 0 Å². The molecule has 132 valence electrons. The molecule has 0 heterocycles. The number of esters is 1. The molecule has 3 unspecified atom stereocenters. The number of benzene rings is 1. The van der Waals surface area contributed by atoms with Gasteiger partial charge in [0.1, 0.15) is 11.3 Å². The van der Waals surface area contributed by atoms with Gasteiger partial charge in [-0.1, -0.05) is 32.9 Å². The molecule has 1 N–H and O–H groups in total. The molecular formula is C19H32O4. The van der Waals surface area contributed by atoms with Crippen LogP contribution in [0.2, 0.25) is 0 Å². The first-order chi connectivity index (χ1) is 10.8. The lowest BCUT2D eigenvalue weighted by Crippen LogP contribution is -2.14. The monoisotopic (exact) mass is 324 g/mol. The fourth-order valence-electron chi connectivity index (χ4n) is 1.56. The SMILES string of the molecule is CCC(C)OC(=O)c1ccccc1O.CCC(C)OC(C)CC. The van der Waals surface area contributed by atoms with E-state index in [-0.39, 0.29) is 17.4 Å². The predicted molar refractivity (Wildman–Crippen MR) is 93.9 cm³/mol. The summed E-state index contributed by atoms with van der Waals surface area (Å²) >= 11 is 0. The van der Waals surface area contributed by atoms with E-state index < -0.39 is 5.97 Å². The molecule has 0 amide bonds. The Morgan fingerprint density at radius 2 is 1.43 bits per heavy atom. The van der Waals surface area contributed by atoms with Crippen molar-refractivity contribution >= 4 is 5.97 Å². The second-order valence-electron chi connectivity index (χ2n) is 5.72. The van der Waals surface area contributed by atoms with Crippen LogP contribution in [0.15, 0.2) is 24.3 Å². The van der Waals surface area contributed by atoms with Crippen LogP contribution >= 0.6 is 0 Å². The fraction of sp³-hybridized carbons (Fsp3) is 0.632. The molecule has 0 aliphatic carbocycles. The molecule has 0 aliphatic heterocycles. The second kappa shape index (κ2) is 11.9. The van der Waals surface area contributed by atoms with Crippen molar-refractivity contribution in [1.29, 1.82) is 0 Å². The Morgan fingerprint density at radius 3 is 1.87 bits per heavy atom. The number of rotatable bonds is 7. The molecule has 0 spiro atoms. The molecule has 1 rings (SSSR count). The summed E-state index contributed by atoms with van der Waals surface area (Å²) in [5.74, 6) is -0.516. The molecule has 1 aromatic rings. The van der Waals surface area contributed by atoms with Crippen molar-refractivity contribution in [1.82, 2.24) is 0 Å². The van der Waals surface area contributed by atoms with Gasteiger partial charge in [0.05, 0.1) is 18.3 Å². The normalized spacial score (nSPS) is 14.2. The van der Waals surface area contributed by atoms with E-state index in [1.165, 1.54) is 6.07 Å². The van der Waals surface area contributed by atoms with Crippen LogP contribution in [0.3, 0.4) is 0 Å². The van der Waals surface area contributed by atoms with Crippen LogP contribution in [0.4, 0.5) is 0 Å². The van der Waals surface area contributed by atoms with E-state index in [9.17, 15) is 9.90 Å². The molecule has 0 radical (unpaired) electrons. The summed E-state index contributed by atoms with van der Waals surface area (Å²) in [4.78, 5) is 11.5. The van der Waals surface area contributed by atoms with Crippen LogP contribution in [0.25, 0.3) is 0 Å². The largest absolute Gasteiger partial charge is 0.507 e. The fourth-order valence-corrected chi connectivity index (χ4v) is 1.56. The third kappa shape index (κ3) is 9.24. The average molecular weight is 324 g/mol. The van der Waals surface area contributed by atoms with Crippen LogP contribution < -0.4 is 0 Å². The molecule has 0 aromatic heterocycles. The number of phenolic OH excluding ortho intramolecular Hbond substituents is 1. The lowest BCUT2D eigenvalue weighted by atomic mass is 10.2. The van der Waals surface area contributed by atoms with Crippen molar-refractivity contribution in [2.75, 3.05) is 0 Å². The van der Waals surface area contributed by atoms with E-state index in [4.69, 9.17) is 9.47 Å². The molecule has 3 atom stereocenters. The first-order valence-electron chi connectivity index (χ1n) is 8.49. The number of para-hydroxylation sites is 1. The van der Waals surface area contributed by atoms with E-state index in [0.29, 0.717) is 12.2 Å². The number of hydrogen-bond donors (Lipinski definition) is 1. The highest BCUT2D eigenvalue weighted by Gasteiger charge is 2.13. The third-order valence-corrected chi connectivity index (χ3v) is 3.62. The number of aromatic hydroxyl groups is 1. The first-order valence-corrected chi connectivity index (χ1v) is 8.49. The summed E-state index contributed by atoms with van der Waals surface area (Å²) in [5.41, 5.74) is 0.216. The number of carbonyl (C=O) groups is 1. The zero-order valence-electron chi connectivity index (χ0n) is 15.3. The Balaban J connectivity index is 0.000000468. The molecule has 4 nitrogen and oxygen atoms in total. The van der Waals surface area contributed by atoms with Gasteiger partial charge in [0.25, 0.3) is 0 Å².